The van der Waals surface area contributed by atoms with Gasteiger partial charge >= 0.3 is 6.09 Å². The molecule has 2 atom stereocenters. The summed E-state index contributed by atoms with van der Waals surface area (Å²) in [5.74, 6) is 0.0811. The van der Waals surface area contributed by atoms with Crippen molar-refractivity contribution in [2.45, 2.75) is 25.2 Å². The molecule has 1 saturated heterocycles. The summed E-state index contributed by atoms with van der Waals surface area (Å²) in [6, 6.07) is 8.37. The van der Waals surface area contributed by atoms with Crippen LogP contribution in [0.1, 0.15) is 12.0 Å². The van der Waals surface area contributed by atoms with Crippen LogP contribution < -0.4 is 25.0 Å². The summed E-state index contributed by atoms with van der Waals surface area (Å²) in [5, 5.41) is 16.2. The second-order valence-corrected chi connectivity index (χ2v) is 8.46. The third-order valence-electron chi connectivity index (χ3n) is 5.95. The first-order chi connectivity index (χ1) is 17.4. The molecule has 2 aromatic heterocycles. The van der Waals surface area contributed by atoms with Gasteiger partial charge in [0.1, 0.15) is 23.2 Å². The normalized spacial score (nSPS) is 17.9. The second kappa shape index (κ2) is 9.91. The molecule has 11 nitrogen and oxygen atoms in total. The molecule has 5 rings (SSSR count). The molecular weight excluding hydrogens is 473 g/mol. The summed E-state index contributed by atoms with van der Waals surface area (Å²) >= 11 is 0. The van der Waals surface area contributed by atoms with Crippen molar-refractivity contribution < 1.29 is 33.3 Å². The minimum atomic E-state index is -0.849. The van der Waals surface area contributed by atoms with Gasteiger partial charge in [-0.1, -0.05) is 0 Å². The molecule has 2 aliphatic heterocycles. The molecule has 0 aliphatic carbocycles. The average molecular weight is 497 g/mol. The van der Waals surface area contributed by atoms with E-state index in [0.717, 1.165) is 6.20 Å². The number of methoxy groups -OCH3 is 1. The van der Waals surface area contributed by atoms with Gasteiger partial charge in [0.25, 0.3) is 5.91 Å². The van der Waals surface area contributed by atoms with Gasteiger partial charge in [-0.15, -0.1) is 0 Å². The quantitative estimate of drug-likeness (QED) is 0.427. The number of aliphatic hydroxyl groups excluding tert-OH is 1. The summed E-state index contributed by atoms with van der Waals surface area (Å²) in [4.78, 5) is 33.8. The van der Waals surface area contributed by atoms with Crippen molar-refractivity contribution in [1.82, 2.24) is 15.3 Å². The van der Waals surface area contributed by atoms with Crippen LogP contribution in [0, 0.1) is 5.82 Å². The number of aromatic nitrogens is 2. The lowest BCUT2D eigenvalue weighted by Crippen LogP contribution is -2.32. The van der Waals surface area contributed by atoms with Crippen LogP contribution in [0.25, 0.3) is 11.0 Å². The van der Waals surface area contributed by atoms with Crippen LogP contribution in [0.3, 0.4) is 0 Å². The molecule has 0 saturated carbocycles. The Morgan fingerprint density at radius 3 is 3.03 bits per heavy atom. The molecule has 0 radical (unpaired) electrons. The molecule has 0 unspecified atom stereocenters. The van der Waals surface area contributed by atoms with Crippen molar-refractivity contribution in [3.63, 3.8) is 0 Å². The standard InChI is InChI=1S/C24H24FN5O6/c1-34-22-5-3-18-23(29-22)16(17(25)10-27-18)9-26-8-14(31)7-15-11-30(24(33)36-15)13-2-4-20-19(6-13)28-21(32)12-35-20/h2-6,10,14-15,26,31H,7-9,11-12H2,1H3,(H,28,32)/t14-,15-/m0/s1. The predicted molar refractivity (Wildman–Crippen MR) is 127 cm³/mol. The summed E-state index contributed by atoms with van der Waals surface area (Å²) in [6.45, 7) is 0.433. The largest absolute Gasteiger partial charge is 0.482 e. The Labute approximate surface area is 205 Å². The Balaban J connectivity index is 1.17. The maximum Gasteiger partial charge on any atom is 0.414 e. The molecule has 12 heteroatoms. The summed E-state index contributed by atoms with van der Waals surface area (Å²) < 4.78 is 30.3. The number of benzene rings is 1. The van der Waals surface area contributed by atoms with Crippen LogP contribution in [0.15, 0.2) is 36.5 Å². The number of pyridine rings is 2. The number of aliphatic hydroxyl groups is 1. The third-order valence-corrected chi connectivity index (χ3v) is 5.95. The molecule has 3 aromatic rings. The van der Waals surface area contributed by atoms with E-state index < -0.39 is 24.1 Å². The molecule has 1 aromatic carbocycles. The predicted octanol–water partition coefficient (Wildman–Crippen LogP) is 1.97. The summed E-state index contributed by atoms with van der Waals surface area (Å²) in [6.07, 6.45) is -0.618. The molecule has 1 fully saturated rings. The number of hydrogen-bond donors (Lipinski definition) is 3. The number of halogens is 1. The van der Waals surface area contributed by atoms with Gasteiger partial charge < -0.3 is 30.0 Å². The minimum Gasteiger partial charge on any atom is -0.482 e. The van der Waals surface area contributed by atoms with Gasteiger partial charge in [0, 0.05) is 36.8 Å². The number of carbonyl (C=O) groups excluding carboxylic acids is 2. The first kappa shape index (κ1) is 23.7. The molecule has 4 heterocycles. The van der Waals surface area contributed by atoms with E-state index in [1.165, 1.54) is 12.0 Å². The van der Waals surface area contributed by atoms with Crippen molar-refractivity contribution >= 4 is 34.4 Å². The average Bonchev–Trinajstić information content (AvgIpc) is 3.24. The lowest BCUT2D eigenvalue weighted by atomic mass is 10.1. The third kappa shape index (κ3) is 4.86. The fourth-order valence-corrected chi connectivity index (χ4v) is 4.20. The van der Waals surface area contributed by atoms with E-state index in [2.05, 4.69) is 20.6 Å². The van der Waals surface area contributed by atoms with E-state index in [1.54, 1.807) is 30.3 Å². The first-order valence-corrected chi connectivity index (χ1v) is 11.3. The highest BCUT2D eigenvalue weighted by molar-refractivity contribution is 5.97. The van der Waals surface area contributed by atoms with Crippen LogP contribution in [0.4, 0.5) is 20.6 Å². The van der Waals surface area contributed by atoms with Gasteiger partial charge in [-0.2, -0.15) is 0 Å². The Hall–Kier alpha value is -4.03. The van der Waals surface area contributed by atoms with E-state index in [-0.39, 0.29) is 38.6 Å². The Bertz CT molecular complexity index is 1320. The number of cyclic esters (lactones) is 1. The lowest BCUT2D eigenvalue weighted by Gasteiger charge is -2.21. The molecule has 2 amide bonds. The van der Waals surface area contributed by atoms with Crippen LogP contribution in [-0.4, -0.2) is 66.1 Å². The topological polar surface area (TPSA) is 135 Å². The lowest BCUT2D eigenvalue weighted by molar-refractivity contribution is -0.118. The molecule has 0 bridgehead atoms. The highest BCUT2D eigenvalue weighted by atomic mass is 19.1. The van der Waals surface area contributed by atoms with Crippen molar-refractivity contribution in [1.29, 1.82) is 0 Å². The molecule has 2 aliphatic rings. The van der Waals surface area contributed by atoms with Gasteiger partial charge in [0.05, 0.1) is 37.2 Å². The summed E-state index contributed by atoms with van der Waals surface area (Å²) in [5.41, 5.74) is 2.24. The van der Waals surface area contributed by atoms with Crippen LogP contribution in [0.2, 0.25) is 0 Å². The maximum atomic E-state index is 14.4. The molecule has 0 spiro atoms. The number of hydrogen-bond acceptors (Lipinski definition) is 9. The smallest absolute Gasteiger partial charge is 0.414 e. The van der Waals surface area contributed by atoms with Gasteiger partial charge in [-0.3, -0.25) is 14.7 Å². The monoisotopic (exact) mass is 497 g/mol. The SMILES string of the molecule is COc1ccc2ncc(F)c(CNC[C@@H](O)C[C@H]3CN(c4ccc5c(c4)NC(=O)CO5)C(=O)O3)c2n1. The maximum absolute atomic E-state index is 14.4. The van der Waals surface area contributed by atoms with Crippen LogP contribution in [0.5, 0.6) is 11.6 Å². The van der Waals surface area contributed by atoms with Gasteiger partial charge in [0.2, 0.25) is 5.88 Å². The highest BCUT2D eigenvalue weighted by Gasteiger charge is 2.34. The highest BCUT2D eigenvalue weighted by Crippen LogP contribution is 2.34. The van der Waals surface area contributed by atoms with E-state index in [9.17, 15) is 19.1 Å². The van der Waals surface area contributed by atoms with Gasteiger partial charge in [-0.05, 0) is 24.3 Å². The zero-order valence-electron chi connectivity index (χ0n) is 19.4. The number of amides is 2. The fourth-order valence-electron chi connectivity index (χ4n) is 4.20. The van der Waals surface area contributed by atoms with Crippen molar-refractivity contribution in [2.75, 3.05) is 37.0 Å². The first-order valence-electron chi connectivity index (χ1n) is 11.3. The number of anilines is 2. The molecule has 36 heavy (non-hydrogen) atoms. The fraction of sp³-hybridized carbons (Fsp3) is 0.333. The number of nitrogens with one attached hydrogen (secondary N) is 2. The number of nitrogens with zero attached hydrogens (tertiary/aromatic N) is 3. The van der Waals surface area contributed by atoms with Crippen molar-refractivity contribution in [3.05, 3.63) is 47.9 Å². The summed E-state index contributed by atoms with van der Waals surface area (Å²) in [7, 11) is 1.48. The van der Waals surface area contributed by atoms with E-state index in [1.807, 2.05) is 0 Å². The number of ether oxygens (including phenoxy) is 3. The van der Waals surface area contributed by atoms with E-state index >= 15 is 0 Å². The number of carbonyl (C=O) groups is 2. The Morgan fingerprint density at radius 2 is 2.19 bits per heavy atom. The minimum absolute atomic E-state index is 0.0547. The van der Waals surface area contributed by atoms with Crippen molar-refractivity contribution in [2.24, 2.45) is 0 Å². The molecule has 3 N–H and O–H groups in total. The second-order valence-electron chi connectivity index (χ2n) is 8.46. The molecule has 188 valence electrons. The Kier molecular flexibility index (Phi) is 6.53. The van der Waals surface area contributed by atoms with Crippen LogP contribution >= 0.6 is 0 Å². The Morgan fingerprint density at radius 1 is 1.33 bits per heavy atom. The van der Waals surface area contributed by atoms with E-state index in [0.29, 0.717) is 39.6 Å². The number of rotatable bonds is 8. The zero-order chi connectivity index (χ0) is 25.2. The number of fused-ring (bicyclic) bond motifs is 2. The van der Waals surface area contributed by atoms with Crippen molar-refractivity contribution in [3.8, 4) is 11.6 Å². The van der Waals surface area contributed by atoms with Gasteiger partial charge in [0.15, 0.2) is 6.61 Å². The van der Waals surface area contributed by atoms with Crippen LogP contribution in [-0.2, 0) is 16.1 Å². The molecular formula is C24H24FN5O6. The zero-order valence-corrected chi connectivity index (χ0v) is 19.4. The van der Waals surface area contributed by atoms with Gasteiger partial charge in [-0.25, -0.2) is 14.2 Å². The van der Waals surface area contributed by atoms with E-state index in [4.69, 9.17) is 14.2 Å².